The lowest BCUT2D eigenvalue weighted by atomic mass is 10.2. The molecule has 1 saturated carbocycles. The summed E-state index contributed by atoms with van der Waals surface area (Å²) in [5.41, 5.74) is 2.52. The van der Waals surface area contributed by atoms with Crippen molar-refractivity contribution in [2.45, 2.75) is 36.3 Å². The summed E-state index contributed by atoms with van der Waals surface area (Å²) in [6.45, 7) is 2.11. The molecule has 3 rings (SSSR count). The minimum absolute atomic E-state index is 0.648. The second-order valence-electron chi connectivity index (χ2n) is 5.31. The number of hydrogen-bond acceptors (Lipinski definition) is 4. The van der Waals surface area contributed by atoms with Crippen LogP contribution in [0, 0.1) is 10.5 Å². The summed E-state index contributed by atoms with van der Waals surface area (Å²) in [7, 11) is 1.93. The largest absolute Gasteiger partial charge is 0.372 e. The van der Waals surface area contributed by atoms with Crippen LogP contribution < -0.4 is 5.32 Å². The van der Waals surface area contributed by atoms with E-state index >= 15 is 0 Å². The van der Waals surface area contributed by atoms with Gasteiger partial charge in [-0.2, -0.15) is 0 Å². The number of rotatable bonds is 5. The van der Waals surface area contributed by atoms with E-state index in [0.717, 1.165) is 17.4 Å². The zero-order chi connectivity index (χ0) is 14.8. The van der Waals surface area contributed by atoms with Crippen LogP contribution >= 0.6 is 34.4 Å². The molecule has 0 aliphatic heterocycles. The van der Waals surface area contributed by atoms with Crippen LogP contribution in [0.25, 0.3) is 0 Å². The average molecular weight is 411 g/mol. The molecule has 1 N–H and O–H groups in total. The van der Waals surface area contributed by atoms with Crippen molar-refractivity contribution in [3.63, 3.8) is 0 Å². The first-order chi connectivity index (χ1) is 10.2. The van der Waals surface area contributed by atoms with Crippen LogP contribution in [0.5, 0.6) is 0 Å². The zero-order valence-electron chi connectivity index (χ0n) is 12.2. The number of hydrogen-bond donors (Lipinski definition) is 1. The van der Waals surface area contributed by atoms with Gasteiger partial charge in [0, 0.05) is 17.9 Å². The Balaban J connectivity index is 1.78. The molecule has 3 nitrogen and oxygen atoms in total. The van der Waals surface area contributed by atoms with Gasteiger partial charge >= 0.3 is 0 Å². The SMILES string of the molecule is CNc1nc(CSc2ccc(C)cc2)nc(C2CC2)c1I. The molecule has 1 aliphatic rings. The van der Waals surface area contributed by atoms with E-state index in [-0.39, 0.29) is 0 Å². The monoisotopic (exact) mass is 411 g/mol. The van der Waals surface area contributed by atoms with Crippen molar-refractivity contribution in [2.75, 3.05) is 12.4 Å². The van der Waals surface area contributed by atoms with Gasteiger partial charge in [-0.25, -0.2) is 9.97 Å². The minimum atomic E-state index is 0.648. The van der Waals surface area contributed by atoms with Crippen molar-refractivity contribution < 1.29 is 0 Å². The fraction of sp³-hybridized carbons (Fsp3) is 0.375. The highest BCUT2D eigenvalue weighted by Crippen LogP contribution is 2.42. The number of aromatic nitrogens is 2. The Morgan fingerprint density at radius 2 is 1.95 bits per heavy atom. The molecule has 0 radical (unpaired) electrons. The Morgan fingerprint density at radius 3 is 2.57 bits per heavy atom. The van der Waals surface area contributed by atoms with Crippen LogP contribution in [0.4, 0.5) is 5.82 Å². The van der Waals surface area contributed by atoms with E-state index in [4.69, 9.17) is 4.98 Å². The second-order valence-corrected chi connectivity index (χ2v) is 7.44. The lowest BCUT2D eigenvalue weighted by molar-refractivity contribution is 0.920. The number of thioether (sulfide) groups is 1. The van der Waals surface area contributed by atoms with E-state index in [2.05, 4.69) is 64.1 Å². The maximum Gasteiger partial charge on any atom is 0.143 e. The number of nitrogens with zero attached hydrogens (tertiary/aromatic N) is 2. The topological polar surface area (TPSA) is 37.8 Å². The molecule has 0 bridgehead atoms. The molecule has 110 valence electrons. The van der Waals surface area contributed by atoms with Gasteiger partial charge in [-0.05, 0) is 54.5 Å². The second kappa shape index (κ2) is 6.52. The first-order valence-corrected chi connectivity index (χ1v) is 9.17. The summed E-state index contributed by atoms with van der Waals surface area (Å²) in [6.07, 6.45) is 2.53. The number of nitrogens with one attached hydrogen (secondary N) is 1. The van der Waals surface area contributed by atoms with Crippen molar-refractivity contribution >= 4 is 40.2 Å². The minimum Gasteiger partial charge on any atom is -0.372 e. The third-order valence-corrected chi connectivity index (χ3v) is 5.58. The van der Waals surface area contributed by atoms with E-state index < -0.39 is 0 Å². The third kappa shape index (κ3) is 3.69. The molecule has 21 heavy (non-hydrogen) atoms. The first kappa shape index (κ1) is 15.1. The molecule has 1 aliphatic carbocycles. The van der Waals surface area contributed by atoms with Crippen LogP contribution in [0.15, 0.2) is 29.2 Å². The molecule has 0 amide bonds. The van der Waals surface area contributed by atoms with Crippen molar-refractivity contribution in [3.05, 3.63) is 44.9 Å². The van der Waals surface area contributed by atoms with Gasteiger partial charge in [-0.1, -0.05) is 17.7 Å². The standard InChI is InChI=1S/C16H18IN3S/c1-10-3-7-12(8-4-10)21-9-13-19-15(11-5-6-11)14(17)16(18-2)20-13/h3-4,7-8,11H,5-6,9H2,1-2H3,(H,18,19,20). The Hall–Kier alpha value is -0.820. The van der Waals surface area contributed by atoms with Crippen molar-refractivity contribution in [3.8, 4) is 0 Å². The quantitative estimate of drug-likeness (QED) is 0.577. The third-order valence-electron chi connectivity index (χ3n) is 3.51. The van der Waals surface area contributed by atoms with Crippen molar-refractivity contribution in [1.29, 1.82) is 0 Å². The number of benzene rings is 1. The lowest BCUT2D eigenvalue weighted by Gasteiger charge is -2.10. The summed E-state index contributed by atoms with van der Waals surface area (Å²) < 4.78 is 1.18. The van der Waals surface area contributed by atoms with Crippen LogP contribution in [-0.2, 0) is 5.75 Å². The van der Waals surface area contributed by atoms with Gasteiger partial charge in [0.1, 0.15) is 11.6 Å². The molecule has 1 fully saturated rings. The van der Waals surface area contributed by atoms with Crippen LogP contribution in [-0.4, -0.2) is 17.0 Å². The van der Waals surface area contributed by atoms with E-state index in [0.29, 0.717) is 5.92 Å². The zero-order valence-corrected chi connectivity index (χ0v) is 15.2. The Labute approximate surface area is 143 Å². The molecule has 1 aromatic heterocycles. The van der Waals surface area contributed by atoms with Gasteiger partial charge in [-0.3, -0.25) is 0 Å². The van der Waals surface area contributed by atoms with E-state index in [1.54, 1.807) is 11.8 Å². The molecule has 0 atom stereocenters. The highest BCUT2D eigenvalue weighted by Gasteiger charge is 2.29. The van der Waals surface area contributed by atoms with Crippen LogP contribution in [0.3, 0.4) is 0 Å². The molecule has 0 saturated heterocycles. The summed E-state index contributed by atoms with van der Waals surface area (Å²) in [4.78, 5) is 10.7. The van der Waals surface area contributed by atoms with Gasteiger partial charge in [0.2, 0.25) is 0 Å². The van der Waals surface area contributed by atoms with E-state index in [9.17, 15) is 0 Å². The number of anilines is 1. The maximum absolute atomic E-state index is 4.80. The molecule has 1 aromatic carbocycles. The number of halogens is 1. The van der Waals surface area contributed by atoms with E-state index in [1.165, 1.54) is 32.6 Å². The molecule has 5 heteroatoms. The predicted molar refractivity (Wildman–Crippen MR) is 97.0 cm³/mol. The first-order valence-electron chi connectivity index (χ1n) is 7.11. The van der Waals surface area contributed by atoms with E-state index in [1.807, 2.05) is 7.05 Å². The lowest BCUT2D eigenvalue weighted by Crippen LogP contribution is -2.06. The van der Waals surface area contributed by atoms with Gasteiger partial charge in [-0.15, -0.1) is 11.8 Å². The fourth-order valence-electron chi connectivity index (χ4n) is 2.15. The van der Waals surface area contributed by atoms with Gasteiger partial charge in [0.25, 0.3) is 0 Å². The summed E-state index contributed by atoms with van der Waals surface area (Å²) in [5, 5.41) is 3.20. The summed E-state index contributed by atoms with van der Waals surface area (Å²) >= 11 is 4.15. The van der Waals surface area contributed by atoms with Gasteiger partial charge < -0.3 is 5.32 Å². The molecule has 1 heterocycles. The molecule has 0 spiro atoms. The Bertz CT molecular complexity index is 639. The van der Waals surface area contributed by atoms with Crippen LogP contribution in [0.1, 0.15) is 35.8 Å². The highest BCUT2D eigenvalue weighted by atomic mass is 127. The fourth-order valence-corrected chi connectivity index (χ4v) is 3.86. The molecular formula is C16H18IN3S. The van der Waals surface area contributed by atoms with Gasteiger partial charge in [0.15, 0.2) is 0 Å². The normalized spacial score (nSPS) is 14.2. The summed E-state index contributed by atoms with van der Waals surface area (Å²) in [6, 6.07) is 8.61. The van der Waals surface area contributed by atoms with Crippen molar-refractivity contribution in [2.24, 2.45) is 0 Å². The molecule has 0 unspecified atom stereocenters. The predicted octanol–water partition coefficient (Wildman–Crippen LogP) is 4.60. The summed E-state index contributed by atoms with van der Waals surface area (Å²) in [5.74, 6) is 3.35. The highest BCUT2D eigenvalue weighted by molar-refractivity contribution is 14.1. The smallest absolute Gasteiger partial charge is 0.143 e. The average Bonchev–Trinajstić information content (AvgIpc) is 3.32. The Morgan fingerprint density at radius 1 is 1.24 bits per heavy atom. The van der Waals surface area contributed by atoms with Crippen molar-refractivity contribution in [1.82, 2.24) is 9.97 Å². The maximum atomic E-state index is 4.80. The van der Waals surface area contributed by atoms with Gasteiger partial charge in [0.05, 0.1) is 15.0 Å². The molecule has 2 aromatic rings. The number of aryl methyl sites for hydroxylation is 1. The molecular weight excluding hydrogens is 393 g/mol. The van der Waals surface area contributed by atoms with Crippen LogP contribution in [0.2, 0.25) is 0 Å². The Kier molecular flexibility index (Phi) is 4.69.